The fourth-order valence-electron chi connectivity index (χ4n) is 3.17. The Morgan fingerprint density at radius 2 is 1.96 bits per heavy atom. The molecule has 1 aliphatic rings. The van der Waals surface area contributed by atoms with Crippen LogP contribution in [0.2, 0.25) is 0 Å². The van der Waals surface area contributed by atoms with Crippen molar-refractivity contribution in [2.24, 2.45) is 0 Å². The summed E-state index contributed by atoms with van der Waals surface area (Å²) in [4.78, 5) is 34.8. The Hall–Kier alpha value is -2.12. The van der Waals surface area contributed by atoms with E-state index in [0.29, 0.717) is 10.9 Å². The summed E-state index contributed by atoms with van der Waals surface area (Å²) in [5, 5.41) is 0.521. The number of nitrogens with one attached hydrogen (secondary N) is 2. The molecule has 6 nitrogen and oxygen atoms in total. The van der Waals surface area contributed by atoms with Crippen molar-refractivity contribution in [3.8, 4) is 0 Å². The number of nitrogens with zero attached hydrogens (tertiary/aromatic N) is 2. The van der Waals surface area contributed by atoms with Crippen LogP contribution >= 0.6 is 11.8 Å². The number of piperazine rings is 1. The van der Waals surface area contributed by atoms with Crippen molar-refractivity contribution in [1.82, 2.24) is 14.9 Å². The predicted molar refractivity (Wildman–Crippen MR) is 107 cm³/mol. The number of hydrogen-bond donors (Lipinski definition) is 2. The number of amides is 1. The molecule has 0 saturated carbocycles. The molecule has 1 aliphatic heterocycles. The summed E-state index contributed by atoms with van der Waals surface area (Å²) >= 11 is 1.31. The van der Waals surface area contributed by atoms with Crippen LogP contribution < -0.4 is 10.5 Å². The van der Waals surface area contributed by atoms with Crippen molar-refractivity contribution < 1.29 is 9.69 Å². The first-order chi connectivity index (χ1) is 13.0. The van der Waals surface area contributed by atoms with Crippen molar-refractivity contribution in [3.63, 3.8) is 0 Å². The van der Waals surface area contributed by atoms with Gasteiger partial charge in [-0.15, -0.1) is 0 Å². The molecule has 1 aromatic heterocycles. The molecule has 0 aliphatic carbocycles. The Bertz CT molecular complexity index is 814. The number of aromatic amines is 1. The van der Waals surface area contributed by atoms with Gasteiger partial charge in [0, 0.05) is 11.6 Å². The summed E-state index contributed by atoms with van der Waals surface area (Å²) in [6, 6.07) is 12.0. The predicted octanol–water partition coefficient (Wildman–Crippen LogP) is 0.913. The largest absolute Gasteiger partial charge is 0.331 e. The van der Waals surface area contributed by atoms with E-state index in [0.717, 1.165) is 38.4 Å². The van der Waals surface area contributed by atoms with Gasteiger partial charge in [0.25, 0.3) is 5.56 Å². The van der Waals surface area contributed by atoms with Crippen molar-refractivity contribution in [2.75, 3.05) is 31.9 Å². The fourth-order valence-corrected chi connectivity index (χ4v) is 3.96. The van der Waals surface area contributed by atoms with Gasteiger partial charge in [-0.2, -0.15) is 0 Å². The first-order valence-electron chi connectivity index (χ1n) is 9.40. The Kier molecular flexibility index (Phi) is 6.68. The number of benzene rings is 1. The van der Waals surface area contributed by atoms with Crippen LogP contribution in [-0.2, 0) is 11.3 Å². The highest BCUT2D eigenvalue weighted by atomic mass is 32.2. The smallest absolute Gasteiger partial charge is 0.251 e. The second-order valence-electron chi connectivity index (χ2n) is 7.21. The van der Waals surface area contributed by atoms with Crippen LogP contribution in [0.25, 0.3) is 0 Å². The summed E-state index contributed by atoms with van der Waals surface area (Å²) in [6.45, 7) is 8.48. The van der Waals surface area contributed by atoms with Crippen molar-refractivity contribution in [3.05, 3.63) is 58.0 Å². The maximum atomic E-state index is 12.5. The number of aromatic nitrogens is 2. The lowest BCUT2D eigenvalue weighted by Crippen LogP contribution is -3.13. The first-order valence-corrected chi connectivity index (χ1v) is 10.4. The zero-order chi connectivity index (χ0) is 19.2. The van der Waals surface area contributed by atoms with Gasteiger partial charge in [0.15, 0.2) is 5.16 Å². The summed E-state index contributed by atoms with van der Waals surface area (Å²) in [5.41, 5.74) is 1.93. The molecule has 7 heteroatoms. The molecule has 1 aromatic carbocycles. The van der Waals surface area contributed by atoms with Crippen LogP contribution in [0.5, 0.6) is 0 Å². The van der Waals surface area contributed by atoms with Crippen molar-refractivity contribution in [1.29, 1.82) is 0 Å². The number of quaternary nitrogens is 1. The number of hydrogen-bond acceptors (Lipinski definition) is 4. The number of rotatable bonds is 6. The van der Waals surface area contributed by atoms with Crippen LogP contribution in [-0.4, -0.2) is 52.7 Å². The lowest BCUT2D eigenvalue weighted by Gasteiger charge is -2.32. The average Bonchev–Trinajstić information content (AvgIpc) is 2.67. The van der Waals surface area contributed by atoms with Crippen LogP contribution in [0, 0.1) is 0 Å². The van der Waals surface area contributed by atoms with Gasteiger partial charge in [0.2, 0.25) is 5.91 Å². The zero-order valence-corrected chi connectivity index (χ0v) is 16.7. The van der Waals surface area contributed by atoms with Gasteiger partial charge in [-0.3, -0.25) is 9.59 Å². The van der Waals surface area contributed by atoms with Crippen LogP contribution in [0.4, 0.5) is 0 Å². The average molecular weight is 388 g/mol. The molecule has 0 radical (unpaired) electrons. The second kappa shape index (κ2) is 9.19. The van der Waals surface area contributed by atoms with Gasteiger partial charge in [-0.25, -0.2) is 4.98 Å². The molecule has 2 aromatic rings. The molecule has 1 saturated heterocycles. The Morgan fingerprint density at radius 1 is 1.26 bits per heavy atom. The zero-order valence-electron chi connectivity index (χ0n) is 15.9. The number of H-pyrrole nitrogens is 1. The fraction of sp³-hybridized carbons (Fsp3) is 0.450. The Morgan fingerprint density at radius 3 is 2.63 bits per heavy atom. The van der Waals surface area contributed by atoms with Gasteiger partial charge in [-0.05, 0) is 5.92 Å². The van der Waals surface area contributed by atoms with Crippen LogP contribution in [0.15, 0.2) is 46.3 Å². The van der Waals surface area contributed by atoms with Gasteiger partial charge < -0.3 is 14.8 Å². The van der Waals surface area contributed by atoms with E-state index in [1.807, 2.05) is 24.8 Å². The molecule has 1 amide bonds. The molecule has 0 bridgehead atoms. The maximum Gasteiger partial charge on any atom is 0.251 e. The van der Waals surface area contributed by atoms with Crippen molar-refractivity contribution in [2.45, 2.75) is 31.5 Å². The third kappa shape index (κ3) is 5.68. The maximum absolute atomic E-state index is 12.5. The molecule has 0 unspecified atom stereocenters. The lowest BCUT2D eigenvalue weighted by molar-refractivity contribution is -0.917. The number of thioether (sulfide) groups is 1. The highest BCUT2D eigenvalue weighted by molar-refractivity contribution is 7.99. The van der Waals surface area contributed by atoms with E-state index in [4.69, 9.17) is 0 Å². The third-order valence-corrected chi connectivity index (χ3v) is 5.64. The van der Waals surface area contributed by atoms with E-state index >= 15 is 0 Å². The standard InChI is InChI=1S/C20H26N4O2S/c1-15(2)17-12-18(25)22-20(21-17)27-14-19(26)24-10-8-23(9-11-24)13-16-6-4-3-5-7-16/h3-7,12,15H,8-11,13-14H2,1-2H3,(H,21,22,25)/p+1. The molecular weight excluding hydrogens is 360 g/mol. The monoisotopic (exact) mass is 387 g/mol. The molecule has 27 heavy (non-hydrogen) atoms. The van der Waals surface area contributed by atoms with Gasteiger partial charge in [-0.1, -0.05) is 55.9 Å². The minimum atomic E-state index is -0.165. The number of carbonyl (C=O) groups is 1. The van der Waals surface area contributed by atoms with Crippen LogP contribution in [0.3, 0.4) is 0 Å². The van der Waals surface area contributed by atoms with Gasteiger partial charge >= 0.3 is 0 Å². The molecule has 2 N–H and O–H groups in total. The van der Waals surface area contributed by atoms with E-state index in [1.54, 1.807) is 0 Å². The SMILES string of the molecule is CC(C)c1cc(=O)[nH]c(SCC(=O)N2CC[NH+](Cc3ccccc3)CC2)n1. The molecule has 2 heterocycles. The first kappa shape index (κ1) is 19.6. The van der Waals surface area contributed by atoms with E-state index in [2.05, 4.69) is 34.2 Å². The number of carbonyl (C=O) groups excluding carboxylic acids is 1. The molecule has 0 spiro atoms. The minimum Gasteiger partial charge on any atom is -0.331 e. The summed E-state index contributed by atoms with van der Waals surface area (Å²) in [5.74, 6) is 0.595. The highest BCUT2D eigenvalue weighted by Crippen LogP contribution is 2.16. The van der Waals surface area contributed by atoms with E-state index in [9.17, 15) is 9.59 Å². The normalized spacial score (nSPS) is 15.3. The second-order valence-corrected chi connectivity index (χ2v) is 8.18. The summed E-state index contributed by atoms with van der Waals surface area (Å²) in [7, 11) is 0. The van der Waals surface area contributed by atoms with Crippen molar-refractivity contribution >= 4 is 17.7 Å². The molecular formula is C20H27N4O2S+. The molecule has 1 fully saturated rings. The Labute approximate surface area is 164 Å². The summed E-state index contributed by atoms with van der Waals surface area (Å²) in [6.07, 6.45) is 0. The molecule has 3 rings (SSSR count). The highest BCUT2D eigenvalue weighted by Gasteiger charge is 2.23. The molecule has 0 atom stereocenters. The van der Waals surface area contributed by atoms with E-state index in [1.165, 1.54) is 28.3 Å². The lowest BCUT2D eigenvalue weighted by atomic mass is 10.1. The topological polar surface area (TPSA) is 70.5 Å². The summed E-state index contributed by atoms with van der Waals surface area (Å²) < 4.78 is 0. The van der Waals surface area contributed by atoms with Crippen LogP contribution in [0.1, 0.15) is 31.0 Å². The van der Waals surface area contributed by atoms with E-state index in [-0.39, 0.29) is 17.4 Å². The minimum absolute atomic E-state index is 0.108. The Balaban J connectivity index is 1.48. The quantitative estimate of drug-likeness (QED) is 0.571. The third-order valence-electron chi connectivity index (χ3n) is 4.78. The van der Waals surface area contributed by atoms with Gasteiger partial charge in [0.1, 0.15) is 6.54 Å². The molecule has 144 valence electrons. The van der Waals surface area contributed by atoms with E-state index < -0.39 is 0 Å². The van der Waals surface area contributed by atoms with Gasteiger partial charge in [0.05, 0.1) is 37.6 Å².